The molecule has 2 amide bonds. The Kier molecular flexibility index (Phi) is 6.53. The molecule has 4 rings (SSSR count). The number of benzene rings is 2. The number of carbonyl (C=O) groups is 2. The summed E-state index contributed by atoms with van der Waals surface area (Å²) in [6.45, 7) is 2.36. The van der Waals surface area contributed by atoms with Crippen molar-refractivity contribution in [1.82, 2.24) is 20.0 Å². The first-order valence-corrected chi connectivity index (χ1v) is 10.7. The topological polar surface area (TPSA) is 76.5 Å². The van der Waals surface area contributed by atoms with Gasteiger partial charge in [-0.2, -0.15) is 0 Å². The first kappa shape index (κ1) is 22.3. The minimum absolute atomic E-state index is 0.0650. The van der Waals surface area contributed by atoms with Crippen molar-refractivity contribution in [2.45, 2.75) is 26.2 Å². The van der Waals surface area contributed by atoms with E-state index in [-0.39, 0.29) is 24.1 Å². The third kappa shape index (κ3) is 5.28. The second kappa shape index (κ2) is 9.68. The summed E-state index contributed by atoms with van der Waals surface area (Å²) in [5.74, 6) is -0.251. The standard InChI is InChI=1S/C25H25FN4O3/c1-17-15-29(16-27-17)22-10-7-19(13-23(22)33-2)12-20-4-3-11-30(25(20)32)28-24(31)14-18-5-8-21(26)9-6-18/h5-10,12-13,15-16H,3-4,11,14H2,1-2H3,(H,28,31)/b20-12+. The maximum absolute atomic E-state index is 13.1. The largest absolute Gasteiger partial charge is 0.495 e. The molecule has 8 heteroatoms. The van der Waals surface area contributed by atoms with E-state index in [9.17, 15) is 14.0 Å². The molecule has 1 N–H and O–H groups in total. The molecule has 0 unspecified atom stereocenters. The maximum atomic E-state index is 13.1. The number of nitrogens with one attached hydrogen (secondary N) is 1. The summed E-state index contributed by atoms with van der Waals surface area (Å²) in [4.78, 5) is 29.6. The molecule has 1 saturated heterocycles. The van der Waals surface area contributed by atoms with Crippen LogP contribution in [-0.2, 0) is 16.0 Å². The fourth-order valence-electron chi connectivity index (χ4n) is 3.78. The number of rotatable bonds is 6. The second-order valence-electron chi connectivity index (χ2n) is 7.92. The van der Waals surface area contributed by atoms with Gasteiger partial charge in [0.15, 0.2) is 0 Å². The van der Waals surface area contributed by atoms with E-state index in [0.717, 1.165) is 23.4 Å². The van der Waals surface area contributed by atoms with E-state index in [1.54, 1.807) is 25.6 Å². The van der Waals surface area contributed by atoms with Gasteiger partial charge in [-0.15, -0.1) is 0 Å². The third-order valence-corrected chi connectivity index (χ3v) is 5.42. The summed E-state index contributed by atoms with van der Waals surface area (Å²) in [5, 5.41) is 1.35. The molecule has 0 spiro atoms. The van der Waals surface area contributed by atoms with Gasteiger partial charge in [-0.1, -0.05) is 18.2 Å². The number of ether oxygens (including phenoxy) is 1. The van der Waals surface area contributed by atoms with Crippen LogP contribution < -0.4 is 10.2 Å². The molecule has 7 nitrogen and oxygen atoms in total. The number of nitrogens with zero attached hydrogens (tertiary/aromatic N) is 3. The zero-order chi connectivity index (χ0) is 23.4. The Morgan fingerprint density at radius 1 is 1.24 bits per heavy atom. The Balaban J connectivity index is 1.47. The van der Waals surface area contributed by atoms with E-state index < -0.39 is 0 Å². The van der Waals surface area contributed by atoms with Crippen molar-refractivity contribution in [3.63, 3.8) is 0 Å². The van der Waals surface area contributed by atoms with Crippen molar-refractivity contribution in [2.75, 3.05) is 13.7 Å². The number of hydrogen-bond acceptors (Lipinski definition) is 4. The smallest absolute Gasteiger partial charge is 0.268 e. The summed E-state index contributed by atoms with van der Waals surface area (Å²) in [6.07, 6.45) is 6.88. The highest BCUT2D eigenvalue weighted by Crippen LogP contribution is 2.27. The van der Waals surface area contributed by atoms with Gasteiger partial charge in [-0.25, -0.2) is 9.37 Å². The van der Waals surface area contributed by atoms with Crippen LogP contribution in [0.1, 0.15) is 29.7 Å². The molecule has 3 aromatic rings. The van der Waals surface area contributed by atoms with E-state index in [1.807, 2.05) is 42.0 Å². The van der Waals surface area contributed by atoms with Crippen molar-refractivity contribution in [2.24, 2.45) is 0 Å². The van der Waals surface area contributed by atoms with Crippen LogP contribution in [0.2, 0.25) is 0 Å². The Morgan fingerprint density at radius 3 is 2.73 bits per heavy atom. The van der Waals surface area contributed by atoms with Gasteiger partial charge in [-0.3, -0.25) is 20.0 Å². The molecule has 1 aromatic heterocycles. The summed E-state index contributed by atoms with van der Waals surface area (Å²) >= 11 is 0. The molecular weight excluding hydrogens is 423 g/mol. The Hall–Kier alpha value is -3.94. The van der Waals surface area contributed by atoms with Crippen molar-refractivity contribution in [3.05, 3.63) is 83.2 Å². The first-order chi connectivity index (χ1) is 15.9. The van der Waals surface area contributed by atoms with Gasteiger partial charge in [0.05, 0.1) is 31.2 Å². The lowest BCUT2D eigenvalue weighted by Crippen LogP contribution is -2.49. The highest BCUT2D eigenvalue weighted by atomic mass is 19.1. The quantitative estimate of drug-likeness (QED) is 0.585. The van der Waals surface area contributed by atoms with Crippen molar-refractivity contribution < 1.29 is 18.7 Å². The zero-order valence-corrected chi connectivity index (χ0v) is 18.5. The number of imidazole rings is 1. The fraction of sp³-hybridized carbons (Fsp3) is 0.240. The third-order valence-electron chi connectivity index (χ3n) is 5.42. The highest BCUT2D eigenvalue weighted by molar-refractivity contribution is 5.99. The van der Waals surface area contributed by atoms with Crippen LogP contribution >= 0.6 is 0 Å². The van der Waals surface area contributed by atoms with E-state index in [2.05, 4.69) is 10.4 Å². The molecule has 170 valence electrons. The SMILES string of the molecule is COc1cc(/C=C2\CCCN(NC(=O)Cc3ccc(F)cc3)C2=O)ccc1-n1cnc(C)c1. The van der Waals surface area contributed by atoms with Crippen LogP contribution in [0.25, 0.3) is 11.8 Å². The zero-order valence-electron chi connectivity index (χ0n) is 18.5. The minimum Gasteiger partial charge on any atom is -0.495 e. The number of hydrazine groups is 1. The van der Waals surface area contributed by atoms with Crippen LogP contribution in [0.3, 0.4) is 0 Å². The van der Waals surface area contributed by atoms with Gasteiger partial charge in [0.1, 0.15) is 11.6 Å². The Morgan fingerprint density at radius 2 is 2.03 bits per heavy atom. The molecule has 1 aliphatic heterocycles. The van der Waals surface area contributed by atoms with Gasteiger partial charge in [0.2, 0.25) is 5.91 Å². The van der Waals surface area contributed by atoms with Gasteiger partial charge < -0.3 is 9.30 Å². The van der Waals surface area contributed by atoms with Gasteiger partial charge in [0.25, 0.3) is 5.91 Å². The number of amides is 2. The molecule has 0 saturated carbocycles. The predicted molar refractivity (Wildman–Crippen MR) is 122 cm³/mol. The number of aryl methyl sites for hydroxylation is 1. The number of halogens is 1. The predicted octanol–water partition coefficient (Wildman–Crippen LogP) is 3.61. The van der Waals surface area contributed by atoms with E-state index >= 15 is 0 Å². The number of methoxy groups -OCH3 is 1. The molecule has 1 fully saturated rings. The van der Waals surface area contributed by atoms with Crippen LogP contribution in [-0.4, -0.2) is 40.0 Å². The van der Waals surface area contributed by atoms with E-state index in [4.69, 9.17) is 4.74 Å². The number of carbonyl (C=O) groups excluding carboxylic acids is 2. The summed E-state index contributed by atoms with van der Waals surface area (Å²) in [6, 6.07) is 11.4. The summed E-state index contributed by atoms with van der Waals surface area (Å²) < 4.78 is 20.5. The molecular formula is C25H25FN4O3. The van der Waals surface area contributed by atoms with Crippen molar-refractivity contribution >= 4 is 17.9 Å². The molecule has 0 atom stereocenters. The van der Waals surface area contributed by atoms with Crippen LogP contribution in [0, 0.1) is 12.7 Å². The highest BCUT2D eigenvalue weighted by Gasteiger charge is 2.25. The molecule has 0 bridgehead atoms. The average Bonchev–Trinajstić information content (AvgIpc) is 3.24. The number of hydrogen-bond donors (Lipinski definition) is 1. The van der Waals surface area contributed by atoms with Crippen molar-refractivity contribution in [1.29, 1.82) is 0 Å². The molecule has 0 radical (unpaired) electrons. The van der Waals surface area contributed by atoms with E-state index in [1.165, 1.54) is 17.1 Å². The first-order valence-electron chi connectivity index (χ1n) is 10.7. The lowest BCUT2D eigenvalue weighted by molar-refractivity contribution is -0.139. The van der Waals surface area contributed by atoms with Crippen LogP contribution in [0.15, 0.2) is 60.6 Å². The fourth-order valence-corrected chi connectivity index (χ4v) is 3.78. The van der Waals surface area contributed by atoms with Gasteiger partial charge in [-0.05, 0) is 61.2 Å². The molecule has 2 heterocycles. The number of aromatic nitrogens is 2. The van der Waals surface area contributed by atoms with E-state index in [0.29, 0.717) is 29.9 Å². The maximum Gasteiger partial charge on any atom is 0.268 e. The molecule has 2 aromatic carbocycles. The monoisotopic (exact) mass is 448 g/mol. The van der Waals surface area contributed by atoms with Gasteiger partial charge in [0, 0.05) is 18.3 Å². The Bertz CT molecular complexity index is 1200. The van der Waals surface area contributed by atoms with Crippen LogP contribution in [0.5, 0.6) is 5.75 Å². The molecule has 1 aliphatic rings. The summed E-state index contributed by atoms with van der Waals surface area (Å²) in [5.41, 5.74) is 6.54. The normalized spacial score (nSPS) is 15.1. The molecule has 33 heavy (non-hydrogen) atoms. The lowest BCUT2D eigenvalue weighted by Gasteiger charge is -2.28. The number of piperidine rings is 1. The lowest BCUT2D eigenvalue weighted by atomic mass is 10.0. The second-order valence-corrected chi connectivity index (χ2v) is 7.92. The average molecular weight is 448 g/mol. The van der Waals surface area contributed by atoms with Gasteiger partial charge >= 0.3 is 0 Å². The molecule has 0 aliphatic carbocycles. The summed E-state index contributed by atoms with van der Waals surface area (Å²) in [7, 11) is 1.60. The van der Waals surface area contributed by atoms with Crippen LogP contribution in [0.4, 0.5) is 4.39 Å². The minimum atomic E-state index is -0.357. The van der Waals surface area contributed by atoms with Crippen molar-refractivity contribution in [3.8, 4) is 11.4 Å². The Labute approximate surface area is 191 Å².